The number of rotatable bonds is 4. The second-order valence-electron chi connectivity index (χ2n) is 6.26. The molecule has 0 radical (unpaired) electrons. The highest BCUT2D eigenvalue weighted by Gasteiger charge is 2.19. The van der Waals surface area contributed by atoms with E-state index in [4.69, 9.17) is 0 Å². The van der Waals surface area contributed by atoms with Crippen LogP contribution in [0.4, 0.5) is 5.69 Å². The number of aryl methyl sites for hydroxylation is 1. The normalized spacial score (nSPS) is 16.5. The van der Waals surface area contributed by atoms with Gasteiger partial charge in [-0.25, -0.2) is 0 Å². The van der Waals surface area contributed by atoms with Crippen LogP contribution in [0.5, 0.6) is 0 Å². The van der Waals surface area contributed by atoms with Crippen molar-refractivity contribution in [3.63, 3.8) is 0 Å². The first kappa shape index (κ1) is 19.9. The van der Waals surface area contributed by atoms with E-state index in [0.29, 0.717) is 16.9 Å². The Balaban J connectivity index is 0.00000243. The van der Waals surface area contributed by atoms with E-state index in [-0.39, 0.29) is 30.3 Å². The molecule has 1 aliphatic heterocycles. The fraction of sp³-hybridized carbons (Fsp3) is 0.389. The number of carbonyl (C=O) groups is 2. The summed E-state index contributed by atoms with van der Waals surface area (Å²) in [5, 5.41) is 13.1. The first-order valence-electron chi connectivity index (χ1n) is 8.48. The molecule has 0 saturated carbocycles. The molecule has 1 unspecified atom stereocenters. The van der Waals surface area contributed by atoms with E-state index in [1.165, 1.54) is 0 Å². The van der Waals surface area contributed by atoms with Gasteiger partial charge in [0.1, 0.15) is 0 Å². The molecule has 1 fully saturated rings. The van der Waals surface area contributed by atoms with Crippen LogP contribution in [0.15, 0.2) is 30.5 Å². The number of anilines is 1. The molecule has 26 heavy (non-hydrogen) atoms. The van der Waals surface area contributed by atoms with Crippen molar-refractivity contribution in [2.24, 2.45) is 0 Å². The van der Waals surface area contributed by atoms with Crippen LogP contribution in [0, 0.1) is 6.92 Å². The molecule has 7 nitrogen and oxygen atoms in total. The van der Waals surface area contributed by atoms with Crippen molar-refractivity contribution in [2.45, 2.75) is 25.8 Å². The zero-order valence-corrected chi connectivity index (χ0v) is 15.7. The smallest absolute Gasteiger partial charge is 0.276 e. The molecule has 3 N–H and O–H groups in total. The Morgan fingerprint density at radius 1 is 1.27 bits per heavy atom. The van der Waals surface area contributed by atoms with Crippen LogP contribution in [0.3, 0.4) is 0 Å². The molecule has 1 atom stereocenters. The Labute approximate surface area is 159 Å². The second-order valence-corrected chi connectivity index (χ2v) is 6.26. The highest BCUT2D eigenvalue weighted by atomic mass is 35.5. The first-order valence-corrected chi connectivity index (χ1v) is 8.48. The van der Waals surface area contributed by atoms with Crippen LogP contribution < -0.4 is 16.0 Å². The molecular formula is C18H24ClN5O2. The Morgan fingerprint density at radius 2 is 2.08 bits per heavy atom. The minimum Gasteiger partial charge on any atom is -0.355 e. The first-order chi connectivity index (χ1) is 12.1. The van der Waals surface area contributed by atoms with Crippen molar-refractivity contribution < 1.29 is 9.59 Å². The standard InChI is InChI=1S/C18H23N5O2.ClH/c1-12-5-6-15(14(10-12)17(24)19-2)21-18(25)16-7-9-23(22-16)13-4-3-8-20-11-13;/h5-7,9-10,13,20H,3-4,8,11H2,1-2H3,(H,19,24)(H,21,25);1H. The second kappa shape index (κ2) is 8.82. The molecule has 2 amide bonds. The average Bonchev–Trinajstić information content (AvgIpc) is 3.13. The number of halogens is 1. The number of hydrogen-bond acceptors (Lipinski definition) is 4. The molecule has 3 rings (SSSR count). The summed E-state index contributed by atoms with van der Waals surface area (Å²) < 4.78 is 1.84. The molecule has 8 heteroatoms. The summed E-state index contributed by atoms with van der Waals surface area (Å²) in [6, 6.07) is 7.32. The summed E-state index contributed by atoms with van der Waals surface area (Å²) in [6.45, 7) is 3.79. The van der Waals surface area contributed by atoms with Crippen LogP contribution in [0.1, 0.15) is 45.3 Å². The minimum atomic E-state index is -0.323. The van der Waals surface area contributed by atoms with Gasteiger partial charge in [0, 0.05) is 19.8 Å². The molecule has 1 aliphatic rings. The maximum Gasteiger partial charge on any atom is 0.276 e. The number of piperidine rings is 1. The lowest BCUT2D eigenvalue weighted by atomic mass is 10.1. The van der Waals surface area contributed by atoms with E-state index in [1.807, 2.05) is 23.9 Å². The Hall–Kier alpha value is -2.38. The fourth-order valence-corrected chi connectivity index (χ4v) is 3.00. The summed E-state index contributed by atoms with van der Waals surface area (Å²) in [7, 11) is 1.57. The Bertz CT molecular complexity index is 784. The zero-order valence-electron chi connectivity index (χ0n) is 14.9. The van der Waals surface area contributed by atoms with E-state index >= 15 is 0 Å². The quantitative estimate of drug-likeness (QED) is 0.761. The number of amides is 2. The molecule has 1 aromatic carbocycles. The predicted octanol–water partition coefficient (Wildman–Crippen LogP) is 2.15. The van der Waals surface area contributed by atoms with E-state index in [0.717, 1.165) is 31.5 Å². The third-order valence-corrected chi connectivity index (χ3v) is 4.38. The highest BCUT2D eigenvalue weighted by molar-refractivity contribution is 6.08. The summed E-state index contributed by atoms with van der Waals surface area (Å²) in [5.41, 5.74) is 2.20. The van der Waals surface area contributed by atoms with E-state index in [1.54, 1.807) is 25.2 Å². The minimum absolute atomic E-state index is 0. The van der Waals surface area contributed by atoms with Gasteiger partial charge < -0.3 is 16.0 Å². The van der Waals surface area contributed by atoms with Crippen molar-refractivity contribution in [3.8, 4) is 0 Å². The third kappa shape index (κ3) is 4.42. The van der Waals surface area contributed by atoms with Crippen molar-refractivity contribution in [1.29, 1.82) is 0 Å². The van der Waals surface area contributed by atoms with Gasteiger partial charge in [0.2, 0.25) is 0 Å². The van der Waals surface area contributed by atoms with Crippen LogP contribution >= 0.6 is 12.4 Å². The van der Waals surface area contributed by atoms with Crippen LogP contribution in [-0.2, 0) is 0 Å². The lowest BCUT2D eigenvalue weighted by Crippen LogP contribution is -2.32. The molecule has 1 aromatic heterocycles. The summed E-state index contributed by atoms with van der Waals surface area (Å²) in [5.74, 6) is -0.561. The maximum absolute atomic E-state index is 12.5. The van der Waals surface area contributed by atoms with Crippen molar-refractivity contribution >= 4 is 29.9 Å². The Morgan fingerprint density at radius 3 is 2.77 bits per heavy atom. The van der Waals surface area contributed by atoms with Crippen LogP contribution in [-0.4, -0.2) is 41.7 Å². The number of carbonyl (C=O) groups excluding carboxylic acids is 2. The molecule has 1 saturated heterocycles. The monoisotopic (exact) mass is 377 g/mol. The molecule has 0 bridgehead atoms. The average molecular weight is 378 g/mol. The summed E-state index contributed by atoms with van der Waals surface area (Å²) >= 11 is 0. The topological polar surface area (TPSA) is 88.0 Å². The van der Waals surface area contributed by atoms with Gasteiger partial charge >= 0.3 is 0 Å². The van der Waals surface area contributed by atoms with Gasteiger partial charge in [-0.1, -0.05) is 11.6 Å². The molecule has 140 valence electrons. The lowest BCUT2D eigenvalue weighted by molar-refractivity contribution is 0.0964. The largest absolute Gasteiger partial charge is 0.355 e. The molecule has 2 aromatic rings. The zero-order chi connectivity index (χ0) is 17.8. The summed E-state index contributed by atoms with van der Waals surface area (Å²) in [4.78, 5) is 24.6. The van der Waals surface area contributed by atoms with Gasteiger partial charge in [-0.05, 0) is 44.5 Å². The molecule has 0 spiro atoms. The molecule has 0 aliphatic carbocycles. The van der Waals surface area contributed by atoms with E-state index < -0.39 is 0 Å². The van der Waals surface area contributed by atoms with Crippen molar-refractivity contribution in [2.75, 3.05) is 25.5 Å². The Kier molecular flexibility index (Phi) is 6.76. The number of hydrogen-bond donors (Lipinski definition) is 3. The SMILES string of the molecule is CNC(=O)c1cc(C)ccc1NC(=O)c1ccn(C2CCCNC2)n1.Cl. The number of benzene rings is 1. The van der Waals surface area contributed by atoms with Gasteiger partial charge in [-0.15, -0.1) is 12.4 Å². The molecule has 2 heterocycles. The predicted molar refractivity (Wildman–Crippen MR) is 103 cm³/mol. The number of aromatic nitrogens is 2. The summed E-state index contributed by atoms with van der Waals surface area (Å²) in [6.07, 6.45) is 3.99. The van der Waals surface area contributed by atoms with Crippen molar-refractivity contribution in [3.05, 3.63) is 47.3 Å². The van der Waals surface area contributed by atoms with E-state index in [2.05, 4.69) is 21.0 Å². The van der Waals surface area contributed by atoms with E-state index in [9.17, 15) is 9.59 Å². The van der Waals surface area contributed by atoms with Gasteiger partial charge in [0.05, 0.1) is 17.3 Å². The maximum atomic E-state index is 12.5. The van der Waals surface area contributed by atoms with Gasteiger partial charge in [0.25, 0.3) is 11.8 Å². The van der Waals surface area contributed by atoms with Crippen LogP contribution in [0.25, 0.3) is 0 Å². The lowest BCUT2D eigenvalue weighted by Gasteiger charge is -2.22. The third-order valence-electron chi connectivity index (χ3n) is 4.38. The van der Waals surface area contributed by atoms with Crippen LogP contribution in [0.2, 0.25) is 0 Å². The highest BCUT2D eigenvalue weighted by Crippen LogP contribution is 2.19. The molecular weight excluding hydrogens is 354 g/mol. The number of nitrogens with zero attached hydrogens (tertiary/aromatic N) is 2. The number of nitrogens with one attached hydrogen (secondary N) is 3. The van der Waals surface area contributed by atoms with Gasteiger partial charge in [0.15, 0.2) is 5.69 Å². The van der Waals surface area contributed by atoms with Crippen molar-refractivity contribution in [1.82, 2.24) is 20.4 Å². The van der Waals surface area contributed by atoms with Gasteiger partial charge in [-0.3, -0.25) is 14.3 Å². The fourth-order valence-electron chi connectivity index (χ4n) is 3.00. The van der Waals surface area contributed by atoms with Gasteiger partial charge in [-0.2, -0.15) is 5.10 Å².